The van der Waals surface area contributed by atoms with E-state index in [0.717, 1.165) is 27.7 Å². The van der Waals surface area contributed by atoms with Gasteiger partial charge >= 0.3 is 50.1 Å². The first-order valence-corrected chi connectivity index (χ1v) is 10.4. The fourth-order valence-electron chi connectivity index (χ4n) is 1.35. The molecular weight excluding hydrogens is 635 g/mol. The maximum absolute atomic E-state index is 10.3. The summed E-state index contributed by atoms with van der Waals surface area (Å²) in [6.07, 6.45) is 2.84. The minimum absolute atomic E-state index is 0. The van der Waals surface area contributed by atoms with Gasteiger partial charge in [-0.15, -0.1) is 0 Å². The normalized spacial score (nSPS) is 8.00. The number of rotatable bonds is 8. The van der Waals surface area contributed by atoms with Gasteiger partial charge in [-0.2, -0.15) is 0 Å². The van der Waals surface area contributed by atoms with E-state index in [4.69, 9.17) is 0 Å². The topological polar surface area (TPSA) is 242 Å². The first-order valence-electron chi connectivity index (χ1n) is 10.4. The summed E-state index contributed by atoms with van der Waals surface area (Å²) in [5.74, 6) is -8.30. The van der Waals surface area contributed by atoms with Gasteiger partial charge in [0.2, 0.25) is 0 Å². The van der Waals surface area contributed by atoms with Crippen LogP contribution in [-0.2, 0) is 103 Å². The van der Waals surface area contributed by atoms with Crippen molar-refractivity contribution in [1.82, 2.24) is 0 Å². The number of ether oxygens (including phenoxy) is 4. The number of hydrogen-bond donors (Lipinski definition) is 0. The van der Waals surface area contributed by atoms with E-state index in [1.807, 2.05) is 0 Å². The molecule has 0 rings (SSSR count). The Labute approximate surface area is 254 Å². The summed E-state index contributed by atoms with van der Waals surface area (Å²) in [4.78, 5) is 122. The summed E-state index contributed by atoms with van der Waals surface area (Å²) < 4.78 is 16.0. The molecule has 0 bridgehead atoms. The molecule has 41 heavy (non-hydrogen) atoms. The number of ketones is 4. The molecule has 0 saturated heterocycles. The van der Waals surface area contributed by atoms with Crippen molar-refractivity contribution >= 4 is 70.9 Å². The van der Waals surface area contributed by atoms with Crippen LogP contribution in [0.2, 0.25) is 0 Å². The predicted octanol–water partition coefficient (Wildman–Crippen LogP) is -0.525. The SMILES string of the molecule is CC(=O)[CH-]C(=O)OC(C)=O.CC(=O)[CH-]C(=O)OC(C)=O.CC(=O)[CH-]C(=O)OC(C)=O.CC(=O)[CH-]C(=O)OC(C)=O.[Zr+4]. The largest absolute Gasteiger partial charge is 4.00 e. The van der Waals surface area contributed by atoms with E-state index in [0.29, 0.717) is 25.7 Å². The summed E-state index contributed by atoms with van der Waals surface area (Å²) >= 11 is 0. The molecule has 0 radical (unpaired) electrons. The number of carbonyl (C=O) groups excluding carboxylic acids is 12. The molecule has 0 N–H and O–H groups in total. The molecule has 224 valence electrons. The number of hydrogen-bond acceptors (Lipinski definition) is 16. The molecule has 0 aromatic carbocycles. The maximum atomic E-state index is 10.3. The second kappa shape index (κ2) is 27.2. The molecule has 0 spiro atoms. The van der Waals surface area contributed by atoms with Gasteiger partial charge in [0.15, 0.2) is 23.9 Å². The standard InChI is InChI=1S/4C6H7O4.Zr/c4*1-4(7)3-6(9)10-5(2)8;/h4*3H,1-2H3;/q4*-1;+4. The molecular formula is C24H28O16Zr. The zero-order valence-corrected chi connectivity index (χ0v) is 25.8. The minimum Gasteiger partial charge on any atom is -0.421 e. The van der Waals surface area contributed by atoms with Crippen molar-refractivity contribution < 1.29 is 103 Å². The van der Waals surface area contributed by atoms with Crippen molar-refractivity contribution in [1.29, 1.82) is 0 Å². The van der Waals surface area contributed by atoms with Crippen LogP contribution in [0.15, 0.2) is 0 Å². The summed E-state index contributed by atoms with van der Waals surface area (Å²) in [5.41, 5.74) is 0. The number of carbonyl (C=O) groups is 12. The fraction of sp³-hybridized carbons (Fsp3) is 0.333. The van der Waals surface area contributed by atoms with Crippen LogP contribution in [0.5, 0.6) is 0 Å². The molecule has 0 fully saturated rings. The summed E-state index contributed by atoms with van der Waals surface area (Å²) in [5, 5.41) is 0. The van der Waals surface area contributed by atoms with E-state index in [-0.39, 0.29) is 26.2 Å². The first kappa shape index (κ1) is 46.5. The van der Waals surface area contributed by atoms with E-state index in [2.05, 4.69) is 18.9 Å². The van der Waals surface area contributed by atoms with Crippen molar-refractivity contribution in [3.05, 3.63) is 25.7 Å². The van der Waals surface area contributed by atoms with E-state index in [1.54, 1.807) is 0 Å². The average Bonchev–Trinajstić information content (AvgIpc) is 2.63. The Morgan fingerprint density at radius 2 is 0.439 bits per heavy atom. The zero-order valence-electron chi connectivity index (χ0n) is 23.3. The number of esters is 8. The van der Waals surface area contributed by atoms with Gasteiger partial charge < -0.3 is 38.1 Å². The molecule has 16 nitrogen and oxygen atoms in total. The van der Waals surface area contributed by atoms with Crippen LogP contribution >= 0.6 is 0 Å². The summed E-state index contributed by atoms with van der Waals surface area (Å²) in [6.45, 7) is 9.14. The van der Waals surface area contributed by atoms with Gasteiger partial charge in [0, 0.05) is 50.8 Å². The molecule has 0 aromatic heterocycles. The van der Waals surface area contributed by atoms with Crippen LogP contribution in [0.4, 0.5) is 0 Å². The van der Waals surface area contributed by atoms with Crippen LogP contribution < -0.4 is 0 Å². The Kier molecular flexibility index (Phi) is 30.8. The predicted molar refractivity (Wildman–Crippen MR) is 127 cm³/mol. The monoisotopic (exact) mass is 662 g/mol. The van der Waals surface area contributed by atoms with Crippen LogP contribution in [0, 0.1) is 25.7 Å². The molecule has 0 aliphatic heterocycles. The maximum Gasteiger partial charge on any atom is 4.00 e. The Balaban J connectivity index is -0.000000139. The zero-order chi connectivity index (χ0) is 32.6. The van der Waals surface area contributed by atoms with Crippen LogP contribution in [0.1, 0.15) is 55.4 Å². The molecule has 0 heterocycles. The molecule has 0 unspecified atom stereocenters. The molecule has 0 atom stereocenters. The quantitative estimate of drug-likeness (QED) is 0.137. The Morgan fingerprint density at radius 3 is 0.512 bits per heavy atom. The number of Topliss-reactive ketones (excluding diaryl/α,β-unsaturated/α-hetero) is 4. The van der Waals surface area contributed by atoms with Gasteiger partial charge in [-0.3, -0.25) is 38.4 Å². The van der Waals surface area contributed by atoms with Crippen molar-refractivity contribution in [3.8, 4) is 0 Å². The van der Waals surface area contributed by atoms with Crippen molar-refractivity contribution in [2.75, 3.05) is 0 Å². The van der Waals surface area contributed by atoms with Crippen molar-refractivity contribution in [3.63, 3.8) is 0 Å². The molecule has 0 aliphatic carbocycles. The third-order valence-electron chi connectivity index (χ3n) is 2.26. The third-order valence-corrected chi connectivity index (χ3v) is 2.26. The smallest absolute Gasteiger partial charge is 0.421 e. The van der Waals surface area contributed by atoms with Gasteiger partial charge in [0.1, 0.15) is 0 Å². The van der Waals surface area contributed by atoms with Crippen LogP contribution in [0.3, 0.4) is 0 Å². The van der Waals surface area contributed by atoms with Gasteiger partial charge in [-0.25, -0.2) is 25.7 Å². The van der Waals surface area contributed by atoms with E-state index >= 15 is 0 Å². The molecule has 0 aliphatic rings. The molecule has 0 aromatic rings. The molecule has 0 saturated carbocycles. The molecule has 0 amide bonds. The van der Waals surface area contributed by atoms with E-state index in [1.165, 1.54) is 27.7 Å². The van der Waals surface area contributed by atoms with Crippen LogP contribution in [0.25, 0.3) is 0 Å². The van der Waals surface area contributed by atoms with Gasteiger partial charge in [0.05, 0.1) is 0 Å². The van der Waals surface area contributed by atoms with E-state index < -0.39 is 70.9 Å². The third kappa shape index (κ3) is 52.8. The van der Waals surface area contributed by atoms with E-state index in [9.17, 15) is 57.5 Å². The summed E-state index contributed by atoms with van der Waals surface area (Å²) in [6, 6.07) is 0. The average molecular weight is 664 g/mol. The van der Waals surface area contributed by atoms with Gasteiger partial charge in [-0.05, 0) is 27.7 Å². The minimum atomic E-state index is -0.917. The second-order valence-electron chi connectivity index (χ2n) is 6.67. The van der Waals surface area contributed by atoms with Gasteiger partial charge in [-0.1, -0.05) is 0 Å². The Bertz CT molecular complexity index is 777. The first-order chi connectivity index (χ1) is 18.1. The van der Waals surface area contributed by atoms with Crippen molar-refractivity contribution in [2.24, 2.45) is 0 Å². The Hall–Kier alpha value is -4.40. The fourth-order valence-corrected chi connectivity index (χ4v) is 1.35. The summed E-state index contributed by atoms with van der Waals surface area (Å²) in [7, 11) is 0. The van der Waals surface area contributed by atoms with Crippen molar-refractivity contribution in [2.45, 2.75) is 55.4 Å². The Morgan fingerprint density at radius 1 is 0.317 bits per heavy atom. The van der Waals surface area contributed by atoms with Crippen LogP contribution in [-0.4, -0.2) is 70.9 Å². The molecule has 17 heteroatoms. The second-order valence-corrected chi connectivity index (χ2v) is 6.67. The van der Waals surface area contributed by atoms with Gasteiger partial charge in [0.25, 0.3) is 0 Å².